The Kier molecular flexibility index (Phi) is 4.15. The van der Waals surface area contributed by atoms with Crippen LogP contribution in [0.25, 0.3) is 0 Å². The Labute approximate surface area is 126 Å². The molecule has 0 aliphatic heterocycles. The third kappa shape index (κ3) is 3.50. The van der Waals surface area contributed by atoms with Gasteiger partial charge in [-0.2, -0.15) is 8.42 Å². The summed E-state index contributed by atoms with van der Waals surface area (Å²) < 4.78 is 29.3. The van der Waals surface area contributed by atoms with E-state index in [0.29, 0.717) is 5.56 Å². The predicted molar refractivity (Wildman–Crippen MR) is 77.1 cm³/mol. The summed E-state index contributed by atoms with van der Waals surface area (Å²) in [6.45, 7) is 1.60. The van der Waals surface area contributed by atoms with Gasteiger partial charge in [-0.05, 0) is 30.7 Å². The molecule has 0 saturated carbocycles. The van der Waals surface area contributed by atoms with Gasteiger partial charge in [0.25, 0.3) is 5.69 Å². The molecule has 2 rings (SSSR count). The maximum absolute atomic E-state index is 12.2. The summed E-state index contributed by atoms with van der Waals surface area (Å²) in [5.74, 6) is -0.136. The molecule has 0 aromatic heterocycles. The molecule has 0 N–H and O–H groups in total. The summed E-state index contributed by atoms with van der Waals surface area (Å²) in [6, 6.07) is 9.32. The Hall–Kier alpha value is -2.12. The van der Waals surface area contributed by atoms with Gasteiger partial charge in [0, 0.05) is 11.1 Å². The van der Waals surface area contributed by atoms with Gasteiger partial charge in [-0.3, -0.25) is 10.1 Å². The van der Waals surface area contributed by atoms with Crippen molar-refractivity contribution in [2.75, 3.05) is 0 Å². The quantitative estimate of drug-likeness (QED) is 0.488. The fourth-order valence-electron chi connectivity index (χ4n) is 1.66. The van der Waals surface area contributed by atoms with Gasteiger partial charge < -0.3 is 4.18 Å². The molecule has 0 saturated heterocycles. The number of halogens is 1. The van der Waals surface area contributed by atoms with Crippen molar-refractivity contribution in [3.05, 3.63) is 63.2 Å². The Balaban J connectivity index is 2.40. The average Bonchev–Trinajstić information content (AvgIpc) is 2.41. The third-order valence-electron chi connectivity index (χ3n) is 2.65. The van der Waals surface area contributed by atoms with Crippen LogP contribution in [0.2, 0.25) is 5.02 Å². The number of hydrogen-bond acceptors (Lipinski definition) is 5. The van der Waals surface area contributed by atoms with E-state index in [2.05, 4.69) is 0 Å². The molecule has 21 heavy (non-hydrogen) atoms. The second-order valence-corrected chi connectivity index (χ2v) is 6.15. The molecular weight excluding hydrogens is 318 g/mol. The van der Waals surface area contributed by atoms with E-state index in [1.165, 1.54) is 24.3 Å². The fraction of sp³-hybridized carbons (Fsp3) is 0.0769. The van der Waals surface area contributed by atoms with Gasteiger partial charge >= 0.3 is 10.1 Å². The van der Waals surface area contributed by atoms with Crippen LogP contribution in [0.1, 0.15) is 5.56 Å². The lowest BCUT2D eigenvalue weighted by Gasteiger charge is -2.09. The molecule has 0 atom stereocenters. The van der Waals surface area contributed by atoms with E-state index >= 15 is 0 Å². The predicted octanol–water partition coefficient (Wildman–Crippen LogP) is 3.32. The first-order valence-corrected chi connectivity index (χ1v) is 7.53. The van der Waals surface area contributed by atoms with E-state index < -0.39 is 15.0 Å². The van der Waals surface area contributed by atoms with Gasteiger partial charge in [0.1, 0.15) is 10.6 Å². The number of benzene rings is 2. The molecule has 0 fully saturated rings. The van der Waals surface area contributed by atoms with E-state index in [9.17, 15) is 18.5 Å². The number of aryl methyl sites for hydroxylation is 1. The highest BCUT2D eigenvalue weighted by Gasteiger charge is 2.20. The summed E-state index contributed by atoms with van der Waals surface area (Å²) in [5, 5.41) is 10.9. The first kappa shape index (κ1) is 15.3. The molecule has 0 unspecified atom stereocenters. The lowest BCUT2D eigenvalue weighted by atomic mass is 10.2. The lowest BCUT2D eigenvalue weighted by molar-refractivity contribution is -0.384. The largest absolute Gasteiger partial charge is 0.379 e. The Morgan fingerprint density at radius 2 is 1.90 bits per heavy atom. The maximum atomic E-state index is 12.2. The normalized spacial score (nSPS) is 11.1. The zero-order chi connectivity index (χ0) is 15.6. The van der Waals surface area contributed by atoms with Crippen LogP contribution in [-0.4, -0.2) is 13.3 Å². The molecule has 0 aliphatic rings. The van der Waals surface area contributed by atoms with Gasteiger partial charge in [-0.15, -0.1) is 0 Å². The number of non-ortho nitro benzene ring substituents is 1. The topological polar surface area (TPSA) is 86.5 Å². The number of hydrogen-bond donors (Lipinski definition) is 0. The number of nitro benzene ring substituents is 1. The van der Waals surface area contributed by atoms with Crippen LogP contribution in [0.3, 0.4) is 0 Å². The first-order valence-electron chi connectivity index (χ1n) is 5.75. The minimum Gasteiger partial charge on any atom is -0.379 e. The summed E-state index contributed by atoms with van der Waals surface area (Å²) in [6.07, 6.45) is 0. The summed E-state index contributed by atoms with van der Waals surface area (Å²) in [7, 11) is -4.12. The number of nitrogens with zero attached hydrogens (tertiary/aromatic N) is 1. The minimum absolute atomic E-state index is 0.0819. The van der Waals surface area contributed by atoms with Crippen LogP contribution in [0.4, 0.5) is 5.69 Å². The zero-order valence-corrected chi connectivity index (χ0v) is 12.4. The molecule has 0 aliphatic carbocycles. The smallest absolute Gasteiger partial charge is 0.339 e. The Bertz CT molecular complexity index is 804. The van der Waals surface area contributed by atoms with E-state index in [-0.39, 0.29) is 21.4 Å². The molecule has 0 radical (unpaired) electrons. The maximum Gasteiger partial charge on any atom is 0.339 e. The van der Waals surface area contributed by atoms with Crippen molar-refractivity contribution in [2.24, 2.45) is 0 Å². The van der Waals surface area contributed by atoms with Crippen molar-refractivity contribution >= 4 is 27.4 Å². The molecule has 2 aromatic carbocycles. The lowest BCUT2D eigenvalue weighted by Crippen LogP contribution is -2.11. The minimum atomic E-state index is -4.12. The van der Waals surface area contributed by atoms with Crippen LogP contribution in [-0.2, 0) is 10.1 Å². The highest BCUT2D eigenvalue weighted by atomic mass is 35.5. The van der Waals surface area contributed by atoms with Crippen LogP contribution in [0, 0.1) is 17.0 Å². The van der Waals surface area contributed by atoms with Gasteiger partial charge in [-0.25, -0.2) is 0 Å². The molecule has 110 valence electrons. The molecule has 0 spiro atoms. The van der Waals surface area contributed by atoms with Gasteiger partial charge in [-0.1, -0.05) is 23.7 Å². The first-order chi connectivity index (χ1) is 9.79. The standard InChI is InChI=1S/C13H10ClNO5S/c1-9-5-6-10(14)7-13(9)21(18,19)20-12-4-2-3-11(8-12)15(16)17/h2-8H,1H3. The molecule has 2 aromatic rings. The zero-order valence-electron chi connectivity index (χ0n) is 10.8. The second-order valence-electron chi connectivity index (χ2n) is 4.20. The van der Waals surface area contributed by atoms with E-state index in [4.69, 9.17) is 15.8 Å². The van der Waals surface area contributed by atoms with Gasteiger partial charge in [0.2, 0.25) is 0 Å². The molecule has 0 amide bonds. The third-order valence-corrected chi connectivity index (χ3v) is 4.28. The summed E-state index contributed by atoms with van der Waals surface area (Å²) >= 11 is 5.78. The fourth-order valence-corrected chi connectivity index (χ4v) is 3.08. The van der Waals surface area contributed by atoms with Crippen LogP contribution in [0.5, 0.6) is 5.75 Å². The Morgan fingerprint density at radius 1 is 1.19 bits per heavy atom. The van der Waals surface area contributed by atoms with Crippen LogP contribution < -0.4 is 4.18 Å². The van der Waals surface area contributed by atoms with Crippen molar-refractivity contribution in [1.29, 1.82) is 0 Å². The van der Waals surface area contributed by atoms with Crippen molar-refractivity contribution in [1.82, 2.24) is 0 Å². The number of nitro groups is 1. The monoisotopic (exact) mass is 327 g/mol. The molecule has 0 bridgehead atoms. The molecule has 8 heteroatoms. The van der Waals surface area contributed by atoms with Crippen LogP contribution >= 0.6 is 11.6 Å². The van der Waals surface area contributed by atoms with Crippen molar-refractivity contribution in [3.8, 4) is 5.75 Å². The van der Waals surface area contributed by atoms with Gasteiger partial charge in [0.15, 0.2) is 0 Å². The van der Waals surface area contributed by atoms with E-state index in [1.807, 2.05) is 0 Å². The molecule has 0 heterocycles. The van der Waals surface area contributed by atoms with Crippen molar-refractivity contribution in [2.45, 2.75) is 11.8 Å². The van der Waals surface area contributed by atoms with Crippen LogP contribution in [0.15, 0.2) is 47.4 Å². The molecule has 6 nitrogen and oxygen atoms in total. The Morgan fingerprint density at radius 3 is 2.57 bits per heavy atom. The van der Waals surface area contributed by atoms with E-state index in [1.54, 1.807) is 19.1 Å². The highest BCUT2D eigenvalue weighted by Crippen LogP contribution is 2.26. The number of rotatable bonds is 4. The van der Waals surface area contributed by atoms with E-state index in [0.717, 1.165) is 6.07 Å². The second kappa shape index (κ2) is 5.71. The summed E-state index contributed by atoms with van der Waals surface area (Å²) in [5.41, 5.74) is 0.204. The van der Waals surface area contributed by atoms with Crippen molar-refractivity contribution in [3.63, 3.8) is 0 Å². The van der Waals surface area contributed by atoms with Gasteiger partial charge in [0.05, 0.1) is 11.0 Å². The SMILES string of the molecule is Cc1ccc(Cl)cc1S(=O)(=O)Oc1cccc([N+](=O)[O-])c1. The van der Waals surface area contributed by atoms with Crippen molar-refractivity contribution < 1.29 is 17.5 Å². The molecular formula is C13H10ClNO5S. The average molecular weight is 328 g/mol. The summed E-state index contributed by atoms with van der Waals surface area (Å²) in [4.78, 5) is 9.95. The highest BCUT2D eigenvalue weighted by molar-refractivity contribution is 7.87.